The van der Waals surface area contributed by atoms with Crippen LogP contribution < -0.4 is 4.90 Å². The van der Waals surface area contributed by atoms with E-state index < -0.39 is 21.3 Å². The van der Waals surface area contributed by atoms with E-state index in [0.29, 0.717) is 6.54 Å². The van der Waals surface area contributed by atoms with Gasteiger partial charge in [-0.25, -0.2) is 8.42 Å². The molecule has 4 heterocycles. The molecule has 0 radical (unpaired) electrons. The molecule has 3 saturated heterocycles. The minimum absolute atomic E-state index is 0.0286. The van der Waals surface area contributed by atoms with Crippen molar-refractivity contribution >= 4 is 37.5 Å². The molecule has 0 saturated carbocycles. The highest BCUT2D eigenvalue weighted by atomic mass is 79.9. The minimum Gasteiger partial charge on any atom is -0.380 e. The minimum atomic E-state index is -3.88. The summed E-state index contributed by atoms with van der Waals surface area (Å²) in [7, 11) is -2.34. The number of carbonyl (C=O) groups excluding carboxylic acids is 1. The van der Waals surface area contributed by atoms with Crippen LogP contribution >= 0.6 is 15.9 Å². The van der Waals surface area contributed by atoms with Crippen molar-refractivity contribution in [3.05, 3.63) is 53.3 Å². The summed E-state index contributed by atoms with van der Waals surface area (Å²) in [6.45, 7) is 1.89. The number of benzene rings is 1. The zero-order chi connectivity index (χ0) is 24.0. The van der Waals surface area contributed by atoms with Crippen LogP contribution in [0.3, 0.4) is 0 Å². The number of halogens is 1. The standard InChI is InChI=1S/C23H27BrN4O5S/c1-32-17-23-16-27(34(30,31)20-4-2-18(24)3-5-20)14-21(29)28(23)15-22(33-23)8-12-26(13-9-22)19-6-10-25-11-7-19/h2-7,10-11H,8-9,12-17H2,1H3. The Morgan fingerprint density at radius 2 is 1.76 bits per heavy atom. The van der Waals surface area contributed by atoms with Crippen molar-refractivity contribution in [3.63, 3.8) is 0 Å². The predicted octanol–water partition coefficient (Wildman–Crippen LogP) is 2.09. The second-order valence-electron chi connectivity index (χ2n) is 9.06. The van der Waals surface area contributed by atoms with Crippen molar-refractivity contribution in [2.45, 2.75) is 29.1 Å². The molecule has 1 atom stereocenters. The van der Waals surface area contributed by atoms with Crippen molar-refractivity contribution in [2.75, 3.05) is 51.3 Å². The van der Waals surface area contributed by atoms with E-state index in [0.717, 1.165) is 36.1 Å². The second kappa shape index (κ2) is 8.87. The average molecular weight is 551 g/mol. The monoisotopic (exact) mass is 550 g/mol. The number of methoxy groups -OCH3 is 1. The summed E-state index contributed by atoms with van der Waals surface area (Å²) in [5.74, 6) is -0.266. The number of piperazine rings is 1. The highest BCUT2D eigenvalue weighted by Gasteiger charge is 2.60. The molecule has 34 heavy (non-hydrogen) atoms. The van der Waals surface area contributed by atoms with Gasteiger partial charge in [-0.3, -0.25) is 9.78 Å². The first kappa shape index (κ1) is 23.7. The summed E-state index contributed by atoms with van der Waals surface area (Å²) in [5, 5.41) is 0. The maximum absolute atomic E-state index is 13.4. The molecule has 1 aromatic carbocycles. The van der Waals surface area contributed by atoms with E-state index in [1.807, 2.05) is 12.1 Å². The van der Waals surface area contributed by atoms with Gasteiger partial charge in [0.25, 0.3) is 0 Å². The SMILES string of the molecule is COCC12CN(S(=O)(=O)c3ccc(Br)cc3)CC(=O)N1CC1(CCN(c3ccncc3)CC1)O2. The van der Waals surface area contributed by atoms with E-state index in [1.165, 1.54) is 16.4 Å². The second-order valence-corrected chi connectivity index (χ2v) is 11.9. The number of hydrogen-bond donors (Lipinski definition) is 0. The predicted molar refractivity (Wildman–Crippen MR) is 129 cm³/mol. The van der Waals surface area contributed by atoms with E-state index in [4.69, 9.17) is 9.47 Å². The number of nitrogens with zero attached hydrogens (tertiary/aromatic N) is 4. The van der Waals surface area contributed by atoms with Crippen LogP contribution in [0.5, 0.6) is 0 Å². The number of pyridine rings is 1. The van der Waals surface area contributed by atoms with Gasteiger partial charge in [-0.2, -0.15) is 4.31 Å². The Balaban J connectivity index is 1.39. The van der Waals surface area contributed by atoms with Crippen LogP contribution in [0.25, 0.3) is 0 Å². The summed E-state index contributed by atoms with van der Waals surface area (Å²) < 4.78 is 40.9. The summed E-state index contributed by atoms with van der Waals surface area (Å²) >= 11 is 3.33. The molecule has 3 aliphatic rings. The number of piperidine rings is 1. The van der Waals surface area contributed by atoms with Crippen molar-refractivity contribution in [1.82, 2.24) is 14.2 Å². The zero-order valence-corrected chi connectivity index (χ0v) is 21.3. The highest BCUT2D eigenvalue weighted by molar-refractivity contribution is 9.10. The van der Waals surface area contributed by atoms with Crippen LogP contribution in [-0.2, 0) is 24.3 Å². The van der Waals surface area contributed by atoms with Gasteiger partial charge in [-0.1, -0.05) is 15.9 Å². The number of anilines is 1. The van der Waals surface area contributed by atoms with E-state index in [-0.39, 0.29) is 30.5 Å². The number of hydrogen-bond acceptors (Lipinski definition) is 7. The van der Waals surface area contributed by atoms with Crippen molar-refractivity contribution in [2.24, 2.45) is 0 Å². The lowest BCUT2D eigenvalue weighted by atomic mass is 9.91. The van der Waals surface area contributed by atoms with Crippen molar-refractivity contribution in [1.29, 1.82) is 0 Å². The highest BCUT2D eigenvalue weighted by Crippen LogP contribution is 2.44. The van der Waals surface area contributed by atoms with Crippen LogP contribution in [0.1, 0.15) is 12.8 Å². The first-order valence-electron chi connectivity index (χ1n) is 11.2. The Labute approximate surface area is 207 Å². The molecule has 1 aromatic heterocycles. The topological polar surface area (TPSA) is 92.3 Å². The van der Waals surface area contributed by atoms with Gasteiger partial charge < -0.3 is 19.3 Å². The van der Waals surface area contributed by atoms with Gasteiger partial charge in [0.1, 0.15) is 0 Å². The fourth-order valence-corrected chi connectivity index (χ4v) is 6.91. The molecule has 182 valence electrons. The maximum Gasteiger partial charge on any atom is 0.243 e. The van der Waals surface area contributed by atoms with Crippen LogP contribution in [0.2, 0.25) is 0 Å². The molecule has 1 unspecified atom stereocenters. The summed E-state index contributed by atoms with van der Waals surface area (Å²) in [5.41, 5.74) is -0.574. The lowest BCUT2D eigenvalue weighted by molar-refractivity contribution is -0.194. The lowest BCUT2D eigenvalue weighted by Crippen LogP contribution is -2.65. The van der Waals surface area contributed by atoms with Gasteiger partial charge in [0, 0.05) is 42.8 Å². The molecular weight excluding hydrogens is 524 g/mol. The number of ether oxygens (including phenoxy) is 2. The molecule has 5 rings (SSSR count). The smallest absolute Gasteiger partial charge is 0.243 e. The number of sulfonamides is 1. The summed E-state index contributed by atoms with van der Waals surface area (Å²) in [6, 6.07) is 10.4. The van der Waals surface area contributed by atoms with E-state index >= 15 is 0 Å². The quantitative estimate of drug-likeness (QED) is 0.562. The Morgan fingerprint density at radius 3 is 2.41 bits per heavy atom. The Morgan fingerprint density at radius 1 is 1.09 bits per heavy atom. The van der Waals surface area contributed by atoms with Gasteiger partial charge in [-0.05, 0) is 49.2 Å². The molecule has 0 N–H and O–H groups in total. The van der Waals surface area contributed by atoms with E-state index in [1.54, 1.807) is 36.5 Å². The summed E-state index contributed by atoms with van der Waals surface area (Å²) in [4.78, 5) is 21.5. The van der Waals surface area contributed by atoms with Crippen LogP contribution in [0.4, 0.5) is 5.69 Å². The molecule has 0 bridgehead atoms. The molecule has 0 aliphatic carbocycles. The number of amides is 1. The third-order valence-corrected chi connectivity index (χ3v) is 9.24. The van der Waals surface area contributed by atoms with Gasteiger partial charge in [0.15, 0.2) is 5.72 Å². The molecule has 1 amide bonds. The van der Waals surface area contributed by atoms with Crippen molar-refractivity contribution < 1.29 is 22.7 Å². The summed E-state index contributed by atoms with van der Waals surface area (Å²) in [6.07, 6.45) is 5.01. The zero-order valence-electron chi connectivity index (χ0n) is 18.9. The first-order valence-corrected chi connectivity index (χ1v) is 13.4. The molecule has 11 heteroatoms. The molecule has 1 spiro atoms. The third-order valence-electron chi connectivity index (χ3n) is 6.90. The normalized spacial score (nSPS) is 25.1. The van der Waals surface area contributed by atoms with Gasteiger partial charge in [0.2, 0.25) is 15.9 Å². The molecule has 2 aromatic rings. The van der Waals surface area contributed by atoms with Gasteiger partial charge in [-0.15, -0.1) is 0 Å². The fourth-order valence-electron chi connectivity index (χ4n) is 5.22. The maximum atomic E-state index is 13.4. The fraction of sp³-hybridized carbons (Fsp3) is 0.478. The van der Waals surface area contributed by atoms with Crippen LogP contribution in [-0.4, -0.2) is 86.3 Å². The van der Waals surface area contributed by atoms with E-state index in [9.17, 15) is 13.2 Å². The molecule has 9 nitrogen and oxygen atoms in total. The number of carbonyl (C=O) groups is 1. The van der Waals surface area contributed by atoms with E-state index in [2.05, 4.69) is 25.8 Å². The molecule has 3 aliphatic heterocycles. The number of fused-ring (bicyclic) bond motifs is 1. The largest absolute Gasteiger partial charge is 0.380 e. The third kappa shape index (κ3) is 4.13. The van der Waals surface area contributed by atoms with Gasteiger partial charge >= 0.3 is 0 Å². The van der Waals surface area contributed by atoms with Gasteiger partial charge in [0.05, 0.1) is 36.7 Å². The van der Waals surface area contributed by atoms with Crippen LogP contribution in [0, 0.1) is 0 Å². The Hall–Kier alpha value is -2.05. The van der Waals surface area contributed by atoms with Crippen molar-refractivity contribution in [3.8, 4) is 0 Å². The number of aromatic nitrogens is 1. The van der Waals surface area contributed by atoms with Crippen LogP contribution in [0.15, 0.2) is 58.2 Å². The average Bonchev–Trinajstić information content (AvgIpc) is 3.15. The molecular formula is C23H27BrN4O5S. The lowest BCUT2D eigenvalue weighted by Gasteiger charge is -2.44. The first-order chi connectivity index (χ1) is 16.3. The molecule has 3 fully saturated rings. The Bertz CT molecular complexity index is 1160. The Kier molecular flexibility index (Phi) is 6.18. The number of rotatable bonds is 5.